The lowest BCUT2D eigenvalue weighted by atomic mass is 9.96. The van der Waals surface area contributed by atoms with E-state index in [-0.39, 0.29) is 18.3 Å². The number of aromatic nitrogens is 1. The van der Waals surface area contributed by atoms with Gasteiger partial charge >= 0.3 is 0 Å². The Bertz CT molecular complexity index is 1220. The summed E-state index contributed by atoms with van der Waals surface area (Å²) in [4.78, 5) is 17.6. The molecule has 32 heavy (non-hydrogen) atoms. The third-order valence-electron chi connectivity index (χ3n) is 5.65. The number of halogens is 1. The molecular weight excluding hydrogens is 427 g/mol. The number of rotatable bonds is 4. The quantitative estimate of drug-likeness (QED) is 0.580. The van der Waals surface area contributed by atoms with E-state index in [1.54, 1.807) is 29.7 Å². The molecule has 2 heterocycles. The van der Waals surface area contributed by atoms with Crippen molar-refractivity contribution < 1.29 is 13.9 Å². The van der Waals surface area contributed by atoms with Crippen LogP contribution in [-0.2, 0) is 4.79 Å². The standard InChI is InChI=1S/C24H23FN4O2S/c25-18-9-6-16(7-10-18)13-26-29-21(15-32-24(29)27-19-4-2-1-3-5-19)17-8-11-22-20(12-17)28-23(30)14-31-22/h6-13,15,19H,1-5,14H2,(H,28,30). The summed E-state index contributed by atoms with van der Waals surface area (Å²) >= 11 is 1.54. The highest BCUT2D eigenvalue weighted by atomic mass is 32.1. The lowest BCUT2D eigenvalue weighted by Crippen LogP contribution is -2.25. The average Bonchev–Trinajstić information content (AvgIpc) is 3.21. The topological polar surface area (TPSA) is 68.0 Å². The van der Waals surface area contributed by atoms with Crippen molar-refractivity contribution in [2.24, 2.45) is 10.1 Å². The summed E-state index contributed by atoms with van der Waals surface area (Å²) in [7, 11) is 0. The van der Waals surface area contributed by atoms with Crippen LogP contribution in [-0.4, -0.2) is 29.4 Å². The monoisotopic (exact) mass is 450 g/mol. The number of nitrogens with zero attached hydrogens (tertiary/aromatic N) is 3. The second kappa shape index (κ2) is 9.08. The summed E-state index contributed by atoms with van der Waals surface area (Å²) < 4.78 is 20.6. The van der Waals surface area contributed by atoms with Gasteiger partial charge in [-0.1, -0.05) is 31.4 Å². The van der Waals surface area contributed by atoms with E-state index >= 15 is 0 Å². The van der Waals surface area contributed by atoms with Gasteiger partial charge < -0.3 is 10.1 Å². The predicted molar refractivity (Wildman–Crippen MR) is 124 cm³/mol. The Kier molecular flexibility index (Phi) is 5.85. The third kappa shape index (κ3) is 4.50. The molecule has 5 rings (SSSR count). The minimum absolute atomic E-state index is 0.0250. The minimum atomic E-state index is -0.280. The maximum Gasteiger partial charge on any atom is 0.262 e. The van der Waals surface area contributed by atoms with Crippen LogP contribution in [0.2, 0.25) is 0 Å². The van der Waals surface area contributed by atoms with Crippen molar-refractivity contribution in [1.29, 1.82) is 0 Å². The molecule has 0 saturated heterocycles. The van der Waals surface area contributed by atoms with Crippen LogP contribution in [0.5, 0.6) is 5.75 Å². The Morgan fingerprint density at radius 3 is 2.75 bits per heavy atom. The van der Waals surface area contributed by atoms with Crippen LogP contribution >= 0.6 is 11.3 Å². The highest BCUT2D eigenvalue weighted by Crippen LogP contribution is 2.33. The first-order valence-corrected chi connectivity index (χ1v) is 11.6. The first-order valence-electron chi connectivity index (χ1n) is 10.8. The van der Waals surface area contributed by atoms with Crippen molar-refractivity contribution in [2.45, 2.75) is 38.1 Å². The first-order chi connectivity index (χ1) is 15.7. The number of ether oxygens (including phenoxy) is 1. The van der Waals surface area contributed by atoms with Crippen molar-refractivity contribution in [1.82, 2.24) is 4.68 Å². The van der Waals surface area contributed by atoms with E-state index in [0.29, 0.717) is 17.5 Å². The Hall–Kier alpha value is -3.26. The number of carbonyl (C=O) groups is 1. The normalized spacial score (nSPS) is 17.3. The molecule has 8 heteroatoms. The van der Waals surface area contributed by atoms with E-state index in [2.05, 4.69) is 5.32 Å². The van der Waals surface area contributed by atoms with Crippen molar-refractivity contribution in [3.8, 4) is 17.0 Å². The number of fused-ring (bicyclic) bond motifs is 1. The molecule has 0 radical (unpaired) electrons. The predicted octanol–water partition coefficient (Wildman–Crippen LogP) is 4.80. The Labute approximate surface area is 189 Å². The summed E-state index contributed by atoms with van der Waals surface area (Å²) in [5.41, 5.74) is 3.20. The summed E-state index contributed by atoms with van der Waals surface area (Å²) in [5, 5.41) is 9.58. The van der Waals surface area contributed by atoms with E-state index in [1.807, 2.05) is 28.3 Å². The van der Waals surface area contributed by atoms with Gasteiger partial charge in [-0.15, -0.1) is 11.3 Å². The van der Waals surface area contributed by atoms with Gasteiger partial charge in [0.15, 0.2) is 6.61 Å². The van der Waals surface area contributed by atoms with Gasteiger partial charge in [0.05, 0.1) is 23.6 Å². The molecule has 0 atom stereocenters. The van der Waals surface area contributed by atoms with E-state index in [0.717, 1.165) is 34.5 Å². The zero-order valence-corrected chi connectivity index (χ0v) is 18.3. The summed E-state index contributed by atoms with van der Waals surface area (Å²) in [6.45, 7) is 0.0250. The first kappa shape index (κ1) is 20.6. The van der Waals surface area contributed by atoms with Crippen LogP contribution < -0.4 is 14.9 Å². The average molecular weight is 451 g/mol. The van der Waals surface area contributed by atoms with Crippen LogP contribution in [0.4, 0.5) is 10.1 Å². The second-order valence-electron chi connectivity index (χ2n) is 7.98. The molecule has 6 nitrogen and oxygen atoms in total. The molecule has 2 aliphatic rings. The smallest absolute Gasteiger partial charge is 0.262 e. The summed E-state index contributed by atoms with van der Waals surface area (Å²) in [6, 6.07) is 12.2. The fourth-order valence-corrected chi connectivity index (χ4v) is 4.89. The molecule has 2 aromatic carbocycles. The number of anilines is 1. The molecule has 1 aliphatic carbocycles. The molecule has 164 valence electrons. The Balaban J connectivity index is 1.56. The van der Waals surface area contributed by atoms with E-state index < -0.39 is 0 Å². The molecule has 0 bridgehead atoms. The van der Waals surface area contributed by atoms with Gasteiger partial charge in [-0.05, 0) is 48.7 Å². The molecule has 3 aromatic rings. The maximum atomic E-state index is 13.3. The molecule has 1 N–H and O–H groups in total. The van der Waals surface area contributed by atoms with Gasteiger partial charge in [0, 0.05) is 10.9 Å². The van der Waals surface area contributed by atoms with Gasteiger partial charge in [0.2, 0.25) is 4.80 Å². The second-order valence-corrected chi connectivity index (χ2v) is 8.82. The number of benzene rings is 2. The molecule has 1 aromatic heterocycles. The molecule has 1 aliphatic heterocycles. The van der Waals surface area contributed by atoms with E-state index in [4.69, 9.17) is 14.8 Å². The van der Waals surface area contributed by atoms with Crippen LogP contribution in [0, 0.1) is 5.82 Å². The van der Waals surface area contributed by atoms with Crippen molar-refractivity contribution >= 4 is 29.1 Å². The number of amides is 1. The van der Waals surface area contributed by atoms with Crippen molar-refractivity contribution in [3.05, 3.63) is 64.0 Å². The van der Waals surface area contributed by atoms with Gasteiger partial charge in [0.1, 0.15) is 11.6 Å². The molecule has 1 amide bonds. The van der Waals surface area contributed by atoms with Crippen LogP contribution in [0.1, 0.15) is 37.7 Å². The van der Waals surface area contributed by atoms with E-state index in [9.17, 15) is 9.18 Å². The summed E-state index contributed by atoms with van der Waals surface area (Å²) in [5.74, 6) is 0.199. The zero-order chi connectivity index (χ0) is 21.9. The SMILES string of the molecule is O=C1COc2ccc(-c3csc(=NC4CCCCC4)n3N=Cc3ccc(F)cc3)cc2N1. The molecule has 0 unspecified atom stereocenters. The van der Waals surface area contributed by atoms with Gasteiger partial charge in [0.25, 0.3) is 5.91 Å². The number of nitrogens with one attached hydrogen (secondary N) is 1. The van der Waals surface area contributed by atoms with Crippen LogP contribution in [0.25, 0.3) is 11.3 Å². The molecule has 1 saturated carbocycles. The fraction of sp³-hybridized carbons (Fsp3) is 0.292. The largest absolute Gasteiger partial charge is 0.482 e. The fourth-order valence-electron chi connectivity index (χ4n) is 3.98. The van der Waals surface area contributed by atoms with Crippen molar-refractivity contribution in [2.75, 3.05) is 11.9 Å². The highest BCUT2D eigenvalue weighted by molar-refractivity contribution is 7.07. The Morgan fingerprint density at radius 1 is 1.12 bits per heavy atom. The third-order valence-corrected chi connectivity index (χ3v) is 6.48. The van der Waals surface area contributed by atoms with Crippen LogP contribution in [0.3, 0.4) is 0 Å². The number of hydrogen-bond acceptors (Lipinski definition) is 5. The Morgan fingerprint density at radius 2 is 1.94 bits per heavy atom. The number of thiazole rings is 1. The van der Waals surface area contributed by atoms with Gasteiger partial charge in [-0.3, -0.25) is 9.79 Å². The highest BCUT2D eigenvalue weighted by Gasteiger charge is 2.18. The number of carbonyl (C=O) groups excluding carboxylic acids is 1. The van der Waals surface area contributed by atoms with Crippen LogP contribution in [0.15, 0.2) is 57.9 Å². The lowest BCUT2D eigenvalue weighted by Gasteiger charge is -2.18. The molecule has 1 fully saturated rings. The maximum absolute atomic E-state index is 13.3. The summed E-state index contributed by atoms with van der Waals surface area (Å²) in [6.07, 6.45) is 7.58. The van der Waals surface area contributed by atoms with Gasteiger partial charge in [-0.25, -0.2) is 9.07 Å². The number of hydrogen-bond donors (Lipinski definition) is 1. The zero-order valence-electron chi connectivity index (χ0n) is 17.5. The van der Waals surface area contributed by atoms with Crippen molar-refractivity contribution in [3.63, 3.8) is 0 Å². The molecule has 0 spiro atoms. The van der Waals surface area contributed by atoms with E-state index in [1.165, 1.54) is 31.4 Å². The lowest BCUT2D eigenvalue weighted by molar-refractivity contribution is -0.118. The van der Waals surface area contributed by atoms with Gasteiger partial charge in [-0.2, -0.15) is 5.10 Å². The molecular formula is C24H23FN4O2S. The minimum Gasteiger partial charge on any atom is -0.482 e.